The van der Waals surface area contributed by atoms with Gasteiger partial charge in [-0.15, -0.1) is 24.0 Å². The molecule has 2 N–H and O–H groups in total. The molecule has 0 aliphatic carbocycles. The summed E-state index contributed by atoms with van der Waals surface area (Å²) in [7, 11) is 0. The van der Waals surface area contributed by atoms with E-state index < -0.39 is 0 Å². The second-order valence-electron chi connectivity index (χ2n) is 7.75. The van der Waals surface area contributed by atoms with Crippen molar-refractivity contribution in [2.24, 2.45) is 4.99 Å². The van der Waals surface area contributed by atoms with Gasteiger partial charge in [0.05, 0.1) is 37.1 Å². The third-order valence-corrected chi connectivity index (χ3v) is 5.49. The Hall–Kier alpha value is -2.17. The smallest absolute Gasteiger partial charge is 0.191 e. The number of guanidine groups is 1. The van der Waals surface area contributed by atoms with Crippen LogP contribution < -0.4 is 10.6 Å². The predicted molar refractivity (Wildman–Crippen MR) is 141 cm³/mol. The number of rotatable bonds is 8. The van der Waals surface area contributed by atoms with E-state index in [1.807, 2.05) is 18.5 Å². The number of aromatic nitrogens is 2. The summed E-state index contributed by atoms with van der Waals surface area (Å²) in [4.78, 5) is 11.6. The first-order chi connectivity index (χ1) is 15.3. The van der Waals surface area contributed by atoms with E-state index in [9.17, 15) is 0 Å². The third-order valence-electron chi connectivity index (χ3n) is 5.49. The molecule has 0 spiro atoms. The van der Waals surface area contributed by atoms with E-state index in [2.05, 4.69) is 68.4 Å². The number of nitrogens with zero attached hydrogens (tertiary/aromatic N) is 4. The van der Waals surface area contributed by atoms with Gasteiger partial charge in [0.25, 0.3) is 0 Å². The van der Waals surface area contributed by atoms with Crippen molar-refractivity contribution in [1.82, 2.24) is 25.1 Å². The normalized spacial score (nSPS) is 14.8. The minimum Gasteiger partial charge on any atom is -0.379 e. The number of nitrogens with one attached hydrogen (secondary N) is 2. The van der Waals surface area contributed by atoms with Crippen LogP contribution in [0.1, 0.15) is 18.1 Å². The monoisotopic (exact) mass is 548 g/mol. The van der Waals surface area contributed by atoms with Gasteiger partial charge in [-0.3, -0.25) is 4.90 Å². The molecule has 7 nitrogen and oxygen atoms in total. The molecule has 1 aliphatic rings. The molecule has 1 saturated heterocycles. The second-order valence-corrected chi connectivity index (χ2v) is 7.75. The molecule has 0 saturated carbocycles. The molecule has 1 aliphatic heterocycles. The van der Waals surface area contributed by atoms with Crippen molar-refractivity contribution in [2.75, 3.05) is 45.9 Å². The van der Waals surface area contributed by atoms with Crippen LogP contribution in [0.5, 0.6) is 0 Å². The molecule has 2 heterocycles. The number of ether oxygens (including phenoxy) is 1. The standard InChI is InChI=1S/C24H32N6O.HI/c1-2-25-24(26-11-12-29-13-15-31-16-14-29)27-17-20-7-9-21(10-8-20)18-30-19-28-22-5-3-4-6-23(22)30;/h3-10,19H,2,11-18H2,1H3,(H2,25,26,27);1H. The Labute approximate surface area is 207 Å². The van der Waals surface area contributed by atoms with Gasteiger partial charge in [0, 0.05) is 39.3 Å². The Morgan fingerprint density at radius 3 is 2.56 bits per heavy atom. The van der Waals surface area contributed by atoms with Crippen LogP contribution in [0.25, 0.3) is 11.0 Å². The fraction of sp³-hybridized carbons (Fsp3) is 0.417. The third kappa shape index (κ3) is 6.91. The molecule has 4 rings (SSSR count). The quantitative estimate of drug-likeness (QED) is 0.258. The number of fused-ring (bicyclic) bond motifs is 1. The maximum atomic E-state index is 5.41. The number of aliphatic imine (C=N–C) groups is 1. The fourth-order valence-corrected chi connectivity index (χ4v) is 3.75. The lowest BCUT2D eigenvalue weighted by Gasteiger charge is -2.26. The van der Waals surface area contributed by atoms with Crippen LogP contribution in [0.4, 0.5) is 0 Å². The van der Waals surface area contributed by atoms with Crippen molar-refractivity contribution in [3.05, 3.63) is 66.0 Å². The highest BCUT2D eigenvalue weighted by molar-refractivity contribution is 14.0. The Kier molecular flexibility index (Phi) is 9.76. The van der Waals surface area contributed by atoms with E-state index in [1.165, 1.54) is 11.1 Å². The van der Waals surface area contributed by atoms with E-state index in [0.29, 0.717) is 6.54 Å². The molecule has 1 aromatic heterocycles. The number of imidazole rings is 1. The minimum absolute atomic E-state index is 0. The van der Waals surface area contributed by atoms with Crippen molar-refractivity contribution in [3.63, 3.8) is 0 Å². The molecular weight excluding hydrogens is 515 g/mol. The molecule has 0 amide bonds. The van der Waals surface area contributed by atoms with Gasteiger partial charge in [0.1, 0.15) is 0 Å². The number of hydrogen-bond acceptors (Lipinski definition) is 4. The maximum absolute atomic E-state index is 5.41. The summed E-state index contributed by atoms with van der Waals surface area (Å²) < 4.78 is 7.59. The van der Waals surface area contributed by atoms with Crippen molar-refractivity contribution in [3.8, 4) is 0 Å². The molecule has 3 aromatic rings. The largest absolute Gasteiger partial charge is 0.379 e. The van der Waals surface area contributed by atoms with Crippen molar-refractivity contribution < 1.29 is 4.74 Å². The Morgan fingerprint density at radius 1 is 1.03 bits per heavy atom. The number of hydrogen-bond donors (Lipinski definition) is 2. The first-order valence-corrected chi connectivity index (χ1v) is 11.1. The molecule has 1 fully saturated rings. The summed E-state index contributed by atoms with van der Waals surface area (Å²) in [6, 6.07) is 16.9. The molecule has 8 heteroatoms. The molecule has 0 unspecified atom stereocenters. The Bertz CT molecular complexity index is 982. The minimum atomic E-state index is 0. The summed E-state index contributed by atoms with van der Waals surface area (Å²) in [5.41, 5.74) is 4.65. The van der Waals surface area contributed by atoms with E-state index in [0.717, 1.165) is 69.5 Å². The van der Waals surface area contributed by atoms with Crippen LogP contribution in [0.2, 0.25) is 0 Å². The average molecular weight is 548 g/mol. The summed E-state index contributed by atoms with van der Waals surface area (Å²) in [6.07, 6.45) is 1.91. The van der Waals surface area contributed by atoms with Gasteiger partial charge in [0.15, 0.2) is 5.96 Å². The zero-order chi connectivity index (χ0) is 21.3. The van der Waals surface area contributed by atoms with Crippen LogP contribution in [0.3, 0.4) is 0 Å². The molecule has 32 heavy (non-hydrogen) atoms. The van der Waals surface area contributed by atoms with Crippen molar-refractivity contribution in [2.45, 2.75) is 20.0 Å². The van der Waals surface area contributed by atoms with Gasteiger partial charge in [-0.2, -0.15) is 0 Å². The Balaban J connectivity index is 0.00000289. The van der Waals surface area contributed by atoms with Crippen molar-refractivity contribution >= 4 is 41.0 Å². The van der Waals surface area contributed by atoms with E-state index in [4.69, 9.17) is 9.73 Å². The molecule has 0 atom stereocenters. The highest BCUT2D eigenvalue weighted by atomic mass is 127. The van der Waals surface area contributed by atoms with E-state index >= 15 is 0 Å². The summed E-state index contributed by atoms with van der Waals surface area (Å²) in [6.45, 7) is 9.98. The second kappa shape index (κ2) is 12.8. The average Bonchev–Trinajstić information content (AvgIpc) is 3.22. The lowest BCUT2D eigenvalue weighted by molar-refractivity contribution is 0.0389. The van der Waals surface area contributed by atoms with Gasteiger partial charge in [-0.1, -0.05) is 36.4 Å². The summed E-state index contributed by atoms with van der Waals surface area (Å²) in [5.74, 6) is 0.865. The van der Waals surface area contributed by atoms with E-state index in [-0.39, 0.29) is 24.0 Å². The number of benzene rings is 2. The molecule has 0 radical (unpaired) electrons. The summed E-state index contributed by atoms with van der Waals surface area (Å²) in [5, 5.41) is 6.78. The number of para-hydroxylation sites is 2. The SMILES string of the molecule is CCNC(=NCc1ccc(Cn2cnc3ccccc32)cc1)NCCN1CCOCC1.I. The molecule has 0 bridgehead atoms. The van der Waals surface area contributed by atoms with Gasteiger partial charge < -0.3 is 19.9 Å². The first kappa shape index (κ1) is 24.5. The molecule has 2 aromatic carbocycles. The first-order valence-electron chi connectivity index (χ1n) is 11.1. The van der Waals surface area contributed by atoms with Crippen LogP contribution in [0.15, 0.2) is 59.9 Å². The maximum Gasteiger partial charge on any atom is 0.191 e. The van der Waals surface area contributed by atoms with E-state index in [1.54, 1.807) is 0 Å². The zero-order valence-electron chi connectivity index (χ0n) is 18.7. The van der Waals surface area contributed by atoms with Gasteiger partial charge in [0.2, 0.25) is 0 Å². The topological polar surface area (TPSA) is 66.7 Å². The highest BCUT2D eigenvalue weighted by Crippen LogP contribution is 2.14. The fourth-order valence-electron chi connectivity index (χ4n) is 3.75. The van der Waals surface area contributed by atoms with Crippen LogP contribution in [0, 0.1) is 0 Å². The lowest BCUT2D eigenvalue weighted by Crippen LogP contribution is -2.44. The zero-order valence-corrected chi connectivity index (χ0v) is 21.0. The van der Waals surface area contributed by atoms with Gasteiger partial charge in [-0.05, 0) is 30.2 Å². The highest BCUT2D eigenvalue weighted by Gasteiger charge is 2.09. The molecular formula is C24H33IN6O. The lowest BCUT2D eigenvalue weighted by atomic mass is 10.1. The van der Waals surface area contributed by atoms with Gasteiger partial charge in [-0.25, -0.2) is 9.98 Å². The molecule has 172 valence electrons. The Morgan fingerprint density at radius 2 is 1.78 bits per heavy atom. The van der Waals surface area contributed by atoms with Crippen LogP contribution >= 0.6 is 24.0 Å². The number of morpholine rings is 1. The number of halogens is 1. The van der Waals surface area contributed by atoms with Gasteiger partial charge >= 0.3 is 0 Å². The van der Waals surface area contributed by atoms with Crippen molar-refractivity contribution in [1.29, 1.82) is 0 Å². The van der Waals surface area contributed by atoms with Crippen LogP contribution in [-0.4, -0.2) is 66.3 Å². The summed E-state index contributed by atoms with van der Waals surface area (Å²) >= 11 is 0. The van der Waals surface area contributed by atoms with Crippen LogP contribution in [-0.2, 0) is 17.8 Å². The predicted octanol–water partition coefficient (Wildman–Crippen LogP) is 3.09.